The van der Waals surface area contributed by atoms with Crippen molar-refractivity contribution >= 4 is 29.1 Å². The maximum atomic E-state index is 13.9. The number of carbonyl (C=O) groups excluding carboxylic acids is 2. The lowest BCUT2D eigenvalue weighted by atomic mass is 10.2. The number of ketones is 1. The molecule has 1 aromatic carbocycles. The van der Waals surface area contributed by atoms with E-state index in [1.165, 1.54) is 50.6 Å². The van der Waals surface area contributed by atoms with Crippen LogP contribution in [0.5, 0.6) is 0 Å². The van der Waals surface area contributed by atoms with Crippen molar-refractivity contribution in [3.05, 3.63) is 80.4 Å². The van der Waals surface area contributed by atoms with E-state index in [4.69, 9.17) is 10.5 Å². The SMILES string of the molecule is Cn1c(N)c(C(=O)COC(=O)c2cccnc2Nc2ccccc2F)c(=O)n(C)c1=O. The minimum atomic E-state index is -0.930. The monoisotopic (exact) mass is 427 g/mol. The molecule has 3 N–H and O–H groups in total. The maximum Gasteiger partial charge on any atom is 0.342 e. The normalized spacial score (nSPS) is 10.5. The number of Topliss-reactive ketones (excluding diaryl/α,β-unsaturated/α-hetero) is 1. The highest BCUT2D eigenvalue weighted by atomic mass is 19.1. The largest absolute Gasteiger partial charge is 0.454 e. The third kappa shape index (κ3) is 4.20. The Balaban J connectivity index is 1.82. The molecule has 0 fully saturated rings. The third-order valence-electron chi connectivity index (χ3n) is 4.48. The zero-order valence-corrected chi connectivity index (χ0v) is 16.6. The van der Waals surface area contributed by atoms with Gasteiger partial charge < -0.3 is 15.8 Å². The minimum Gasteiger partial charge on any atom is -0.454 e. The van der Waals surface area contributed by atoms with Crippen LogP contribution in [-0.2, 0) is 18.8 Å². The van der Waals surface area contributed by atoms with Crippen molar-refractivity contribution in [2.24, 2.45) is 14.1 Å². The van der Waals surface area contributed by atoms with Gasteiger partial charge in [0.2, 0.25) is 5.78 Å². The summed E-state index contributed by atoms with van der Waals surface area (Å²) >= 11 is 0. The average Bonchev–Trinajstić information content (AvgIpc) is 2.76. The number of nitrogen functional groups attached to an aromatic ring is 1. The molecule has 0 unspecified atom stereocenters. The fourth-order valence-electron chi connectivity index (χ4n) is 2.76. The average molecular weight is 427 g/mol. The Morgan fingerprint density at radius 1 is 1.13 bits per heavy atom. The molecule has 0 atom stereocenters. The molecule has 31 heavy (non-hydrogen) atoms. The fourth-order valence-corrected chi connectivity index (χ4v) is 2.76. The summed E-state index contributed by atoms with van der Waals surface area (Å²) in [6.07, 6.45) is 1.39. The van der Waals surface area contributed by atoms with Crippen molar-refractivity contribution in [2.75, 3.05) is 17.7 Å². The lowest BCUT2D eigenvalue weighted by molar-refractivity contribution is 0.0475. The van der Waals surface area contributed by atoms with Gasteiger partial charge in [-0.15, -0.1) is 0 Å². The number of aromatic nitrogens is 3. The number of nitrogens with zero attached hydrogens (tertiary/aromatic N) is 3. The molecule has 0 spiro atoms. The number of halogens is 1. The second-order valence-corrected chi connectivity index (χ2v) is 6.47. The number of esters is 1. The second-order valence-electron chi connectivity index (χ2n) is 6.47. The van der Waals surface area contributed by atoms with Gasteiger partial charge in [-0.3, -0.25) is 18.7 Å². The van der Waals surface area contributed by atoms with Crippen LogP contribution in [0.25, 0.3) is 0 Å². The van der Waals surface area contributed by atoms with Crippen LogP contribution in [0.2, 0.25) is 0 Å². The first kappa shape index (κ1) is 21.4. The van der Waals surface area contributed by atoms with Crippen LogP contribution < -0.4 is 22.3 Å². The smallest absolute Gasteiger partial charge is 0.342 e. The molecule has 2 aromatic heterocycles. The number of nitrogens with two attached hydrogens (primary N) is 1. The van der Waals surface area contributed by atoms with Gasteiger partial charge in [0, 0.05) is 20.3 Å². The Hall–Kier alpha value is -4.28. The summed E-state index contributed by atoms with van der Waals surface area (Å²) < 4.78 is 20.6. The van der Waals surface area contributed by atoms with E-state index in [0.717, 1.165) is 9.13 Å². The van der Waals surface area contributed by atoms with Crippen LogP contribution in [0.1, 0.15) is 20.7 Å². The maximum absolute atomic E-state index is 13.9. The van der Waals surface area contributed by atoms with Crippen molar-refractivity contribution in [1.29, 1.82) is 0 Å². The number of benzene rings is 1. The van der Waals surface area contributed by atoms with Crippen LogP contribution >= 0.6 is 0 Å². The summed E-state index contributed by atoms with van der Waals surface area (Å²) in [5, 5.41) is 2.70. The lowest BCUT2D eigenvalue weighted by Crippen LogP contribution is -2.42. The highest BCUT2D eigenvalue weighted by Crippen LogP contribution is 2.21. The second kappa shape index (κ2) is 8.61. The Morgan fingerprint density at radius 2 is 1.84 bits per heavy atom. The van der Waals surface area contributed by atoms with E-state index in [0.29, 0.717) is 0 Å². The number of para-hydroxylation sites is 1. The molecular formula is C20H18FN5O5. The summed E-state index contributed by atoms with van der Waals surface area (Å²) in [5.41, 5.74) is 3.70. The van der Waals surface area contributed by atoms with Crippen LogP contribution in [-0.4, -0.2) is 32.5 Å². The third-order valence-corrected chi connectivity index (χ3v) is 4.48. The van der Waals surface area contributed by atoms with E-state index < -0.39 is 41.0 Å². The Bertz CT molecular complexity index is 1300. The molecule has 3 aromatic rings. The van der Waals surface area contributed by atoms with Crippen LogP contribution in [0, 0.1) is 5.82 Å². The fraction of sp³-hybridized carbons (Fsp3) is 0.150. The van der Waals surface area contributed by atoms with Gasteiger partial charge in [0.05, 0.1) is 5.69 Å². The van der Waals surface area contributed by atoms with E-state index in [-0.39, 0.29) is 22.9 Å². The predicted octanol–water partition coefficient (Wildman–Crippen LogP) is 0.984. The lowest BCUT2D eigenvalue weighted by Gasteiger charge is -2.12. The molecule has 0 saturated heterocycles. The number of hydrogen-bond donors (Lipinski definition) is 2. The molecule has 3 rings (SSSR count). The molecular weight excluding hydrogens is 409 g/mol. The number of nitrogens with one attached hydrogen (secondary N) is 1. The van der Waals surface area contributed by atoms with E-state index in [2.05, 4.69) is 10.3 Å². The van der Waals surface area contributed by atoms with Crippen LogP contribution in [0.3, 0.4) is 0 Å². The Kier molecular flexibility index (Phi) is 5.95. The van der Waals surface area contributed by atoms with E-state index in [9.17, 15) is 23.6 Å². The summed E-state index contributed by atoms with van der Waals surface area (Å²) in [7, 11) is 2.50. The number of ether oxygens (including phenoxy) is 1. The van der Waals surface area contributed by atoms with Crippen molar-refractivity contribution in [3.8, 4) is 0 Å². The van der Waals surface area contributed by atoms with Crippen molar-refractivity contribution in [3.63, 3.8) is 0 Å². The summed E-state index contributed by atoms with van der Waals surface area (Å²) in [6, 6.07) is 8.65. The van der Waals surface area contributed by atoms with Crippen molar-refractivity contribution in [1.82, 2.24) is 14.1 Å². The topological polar surface area (TPSA) is 138 Å². The molecule has 0 amide bonds. The minimum absolute atomic E-state index is 0.0163. The zero-order valence-electron chi connectivity index (χ0n) is 16.6. The number of rotatable bonds is 6. The van der Waals surface area contributed by atoms with E-state index in [1.54, 1.807) is 6.07 Å². The Morgan fingerprint density at radius 3 is 2.55 bits per heavy atom. The molecule has 11 heteroatoms. The predicted molar refractivity (Wildman–Crippen MR) is 110 cm³/mol. The highest BCUT2D eigenvalue weighted by molar-refractivity contribution is 6.03. The molecule has 0 radical (unpaired) electrons. The van der Waals surface area contributed by atoms with Gasteiger partial charge in [0.15, 0.2) is 6.61 Å². The van der Waals surface area contributed by atoms with Gasteiger partial charge in [0.1, 0.15) is 28.6 Å². The molecule has 0 saturated carbocycles. The quantitative estimate of drug-likeness (QED) is 0.439. The summed E-state index contributed by atoms with van der Waals surface area (Å²) in [4.78, 5) is 53.1. The van der Waals surface area contributed by atoms with Gasteiger partial charge >= 0.3 is 11.7 Å². The number of anilines is 3. The standard InChI is InChI=1S/C20H18FN5O5/c1-25-16(22)15(18(28)26(2)20(25)30)14(27)10-31-19(29)11-6-5-9-23-17(11)24-13-8-4-3-7-12(13)21/h3-9H,10,22H2,1-2H3,(H,23,24). The molecule has 0 aliphatic carbocycles. The highest BCUT2D eigenvalue weighted by Gasteiger charge is 2.23. The van der Waals surface area contributed by atoms with Gasteiger partial charge in [0.25, 0.3) is 5.56 Å². The van der Waals surface area contributed by atoms with E-state index in [1.807, 2.05) is 0 Å². The van der Waals surface area contributed by atoms with Gasteiger partial charge in [-0.25, -0.2) is 19.0 Å². The van der Waals surface area contributed by atoms with Gasteiger partial charge in [-0.05, 0) is 24.3 Å². The number of carbonyl (C=O) groups is 2. The first-order valence-electron chi connectivity index (χ1n) is 8.94. The van der Waals surface area contributed by atoms with Gasteiger partial charge in [-0.2, -0.15) is 0 Å². The van der Waals surface area contributed by atoms with Crippen molar-refractivity contribution < 1.29 is 18.7 Å². The molecule has 10 nitrogen and oxygen atoms in total. The number of hydrogen-bond acceptors (Lipinski definition) is 8. The first-order valence-corrected chi connectivity index (χ1v) is 8.94. The summed E-state index contributed by atoms with van der Waals surface area (Å²) in [5.74, 6) is -2.68. The van der Waals surface area contributed by atoms with Gasteiger partial charge in [-0.1, -0.05) is 12.1 Å². The molecule has 160 valence electrons. The Labute approximate surface area is 174 Å². The molecule has 0 bridgehead atoms. The molecule has 0 aliphatic heterocycles. The molecule has 0 aliphatic rings. The van der Waals surface area contributed by atoms with Crippen LogP contribution in [0.15, 0.2) is 52.2 Å². The van der Waals surface area contributed by atoms with Crippen molar-refractivity contribution in [2.45, 2.75) is 0 Å². The molecule has 2 heterocycles. The zero-order chi connectivity index (χ0) is 22.7. The summed E-state index contributed by atoms with van der Waals surface area (Å²) in [6.45, 7) is -0.801. The van der Waals surface area contributed by atoms with Crippen LogP contribution in [0.4, 0.5) is 21.7 Å². The van der Waals surface area contributed by atoms with E-state index >= 15 is 0 Å². The first-order chi connectivity index (χ1) is 14.7. The number of pyridine rings is 1.